The number of Topliss-reactive ketones (excluding diaryl/α,β-unsaturated/α-hetero) is 1. The second-order valence-corrected chi connectivity index (χ2v) is 6.39. The van der Waals surface area contributed by atoms with Crippen molar-refractivity contribution in [3.63, 3.8) is 0 Å². The Kier molecular flexibility index (Phi) is 5.37. The van der Waals surface area contributed by atoms with Crippen LogP contribution in [0.25, 0.3) is 0 Å². The summed E-state index contributed by atoms with van der Waals surface area (Å²) in [6.07, 6.45) is 1.08. The normalized spacial score (nSPS) is 11.0. The molecule has 2 aromatic rings. The van der Waals surface area contributed by atoms with Crippen molar-refractivity contribution in [2.75, 3.05) is 0 Å². The lowest BCUT2D eigenvalue weighted by Crippen LogP contribution is -2.06. The monoisotopic (exact) mass is 296 g/mol. The standard InChI is InChI=1S/C20H24O2/c1-14(2)13-16-5-9-18(10-6-16)22-19-11-7-17(8-12-19)20(21)15(3)4/h5-12,14-15H,13H2,1-4H3. The summed E-state index contributed by atoms with van der Waals surface area (Å²) in [5.41, 5.74) is 2.05. The topological polar surface area (TPSA) is 26.3 Å². The van der Waals surface area contributed by atoms with Crippen LogP contribution in [-0.4, -0.2) is 5.78 Å². The number of carbonyl (C=O) groups is 1. The van der Waals surface area contributed by atoms with Gasteiger partial charge in [-0.1, -0.05) is 39.8 Å². The zero-order valence-electron chi connectivity index (χ0n) is 13.8. The molecule has 0 aliphatic heterocycles. The minimum atomic E-state index is 0.0141. The Balaban J connectivity index is 2.03. The van der Waals surface area contributed by atoms with Crippen molar-refractivity contribution < 1.29 is 9.53 Å². The number of hydrogen-bond donors (Lipinski definition) is 0. The Morgan fingerprint density at radius 1 is 0.864 bits per heavy atom. The summed E-state index contributed by atoms with van der Waals surface area (Å²) in [5.74, 6) is 2.38. The first-order valence-electron chi connectivity index (χ1n) is 7.86. The van der Waals surface area contributed by atoms with Crippen molar-refractivity contribution in [2.45, 2.75) is 34.1 Å². The van der Waals surface area contributed by atoms with Crippen molar-refractivity contribution in [1.82, 2.24) is 0 Å². The third-order valence-corrected chi connectivity index (χ3v) is 3.47. The predicted molar refractivity (Wildman–Crippen MR) is 90.7 cm³/mol. The average Bonchev–Trinajstić information content (AvgIpc) is 2.49. The van der Waals surface area contributed by atoms with E-state index in [2.05, 4.69) is 26.0 Å². The van der Waals surface area contributed by atoms with Crippen LogP contribution in [0.1, 0.15) is 43.6 Å². The lowest BCUT2D eigenvalue weighted by atomic mass is 10.0. The van der Waals surface area contributed by atoms with Gasteiger partial charge >= 0.3 is 0 Å². The molecule has 0 aliphatic carbocycles. The van der Waals surface area contributed by atoms with Gasteiger partial charge in [-0.05, 0) is 54.3 Å². The zero-order valence-corrected chi connectivity index (χ0v) is 13.8. The quantitative estimate of drug-likeness (QED) is 0.656. The zero-order chi connectivity index (χ0) is 16.1. The molecule has 0 bridgehead atoms. The Morgan fingerprint density at radius 3 is 1.82 bits per heavy atom. The summed E-state index contributed by atoms with van der Waals surface area (Å²) in [4.78, 5) is 11.9. The molecule has 0 atom stereocenters. The van der Waals surface area contributed by atoms with Crippen molar-refractivity contribution in [2.24, 2.45) is 11.8 Å². The van der Waals surface area contributed by atoms with E-state index in [0.717, 1.165) is 23.5 Å². The van der Waals surface area contributed by atoms with Gasteiger partial charge in [0.15, 0.2) is 5.78 Å². The summed E-state index contributed by atoms with van der Waals surface area (Å²) in [5, 5.41) is 0. The van der Waals surface area contributed by atoms with Gasteiger partial charge in [0.05, 0.1) is 0 Å². The average molecular weight is 296 g/mol. The molecule has 2 nitrogen and oxygen atoms in total. The molecule has 0 aromatic heterocycles. The van der Waals surface area contributed by atoms with Crippen molar-refractivity contribution in [1.29, 1.82) is 0 Å². The molecule has 2 rings (SSSR count). The molecular formula is C20H24O2. The molecule has 0 radical (unpaired) electrons. The third-order valence-electron chi connectivity index (χ3n) is 3.47. The number of rotatable bonds is 6. The summed E-state index contributed by atoms with van der Waals surface area (Å²) in [6.45, 7) is 8.24. The van der Waals surface area contributed by atoms with Gasteiger partial charge in [0, 0.05) is 11.5 Å². The van der Waals surface area contributed by atoms with E-state index in [1.807, 2.05) is 50.2 Å². The van der Waals surface area contributed by atoms with Crippen LogP contribution in [0.2, 0.25) is 0 Å². The van der Waals surface area contributed by atoms with Crippen LogP contribution in [0.3, 0.4) is 0 Å². The molecule has 116 valence electrons. The first-order valence-corrected chi connectivity index (χ1v) is 7.86. The van der Waals surface area contributed by atoms with Crippen LogP contribution in [0.5, 0.6) is 11.5 Å². The Bertz CT molecular complexity index is 607. The van der Waals surface area contributed by atoms with E-state index in [1.54, 1.807) is 0 Å². The van der Waals surface area contributed by atoms with Gasteiger partial charge < -0.3 is 4.74 Å². The summed E-state index contributed by atoms with van der Waals surface area (Å²) < 4.78 is 5.82. The van der Waals surface area contributed by atoms with Gasteiger partial charge in [-0.3, -0.25) is 4.79 Å². The first kappa shape index (κ1) is 16.3. The van der Waals surface area contributed by atoms with Gasteiger partial charge in [-0.25, -0.2) is 0 Å². The molecule has 0 saturated heterocycles. The minimum Gasteiger partial charge on any atom is -0.457 e. The summed E-state index contributed by atoms with van der Waals surface area (Å²) >= 11 is 0. The van der Waals surface area contributed by atoms with Crippen LogP contribution < -0.4 is 4.74 Å². The van der Waals surface area contributed by atoms with E-state index < -0.39 is 0 Å². The van der Waals surface area contributed by atoms with Crippen LogP contribution >= 0.6 is 0 Å². The number of carbonyl (C=O) groups excluding carboxylic acids is 1. The smallest absolute Gasteiger partial charge is 0.165 e. The highest BCUT2D eigenvalue weighted by atomic mass is 16.5. The number of benzene rings is 2. The third kappa shape index (κ3) is 4.45. The lowest BCUT2D eigenvalue weighted by Gasteiger charge is -2.09. The highest BCUT2D eigenvalue weighted by molar-refractivity contribution is 5.97. The highest BCUT2D eigenvalue weighted by Crippen LogP contribution is 2.23. The molecule has 0 spiro atoms. The van der Waals surface area contributed by atoms with E-state index in [4.69, 9.17) is 4.74 Å². The Morgan fingerprint density at radius 2 is 1.36 bits per heavy atom. The number of ether oxygens (including phenoxy) is 1. The fraction of sp³-hybridized carbons (Fsp3) is 0.350. The summed E-state index contributed by atoms with van der Waals surface area (Å²) in [6, 6.07) is 15.5. The van der Waals surface area contributed by atoms with Gasteiger partial charge in [0.25, 0.3) is 0 Å². The van der Waals surface area contributed by atoms with Gasteiger partial charge in [-0.2, -0.15) is 0 Å². The van der Waals surface area contributed by atoms with E-state index in [0.29, 0.717) is 5.92 Å². The second-order valence-electron chi connectivity index (χ2n) is 6.39. The van der Waals surface area contributed by atoms with E-state index in [-0.39, 0.29) is 11.7 Å². The Hall–Kier alpha value is -2.09. The highest BCUT2D eigenvalue weighted by Gasteiger charge is 2.10. The maximum Gasteiger partial charge on any atom is 0.165 e. The number of hydrogen-bond acceptors (Lipinski definition) is 2. The molecule has 0 amide bonds. The van der Waals surface area contributed by atoms with Crippen LogP contribution in [0.4, 0.5) is 0 Å². The van der Waals surface area contributed by atoms with Crippen LogP contribution in [0.15, 0.2) is 48.5 Å². The predicted octanol–water partition coefficient (Wildman–Crippen LogP) is 5.52. The first-order chi connectivity index (χ1) is 10.5. The molecule has 0 unspecified atom stereocenters. The lowest BCUT2D eigenvalue weighted by molar-refractivity contribution is 0.0939. The fourth-order valence-electron chi connectivity index (χ4n) is 2.32. The largest absolute Gasteiger partial charge is 0.457 e. The van der Waals surface area contributed by atoms with Crippen molar-refractivity contribution >= 4 is 5.78 Å². The maximum absolute atomic E-state index is 11.9. The van der Waals surface area contributed by atoms with Crippen LogP contribution in [0, 0.1) is 11.8 Å². The van der Waals surface area contributed by atoms with Gasteiger partial charge in [0.2, 0.25) is 0 Å². The van der Waals surface area contributed by atoms with Crippen LogP contribution in [-0.2, 0) is 6.42 Å². The molecule has 2 aromatic carbocycles. The maximum atomic E-state index is 11.9. The van der Waals surface area contributed by atoms with E-state index >= 15 is 0 Å². The molecule has 0 saturated carbocycles. The Labute approximate surface area is 133 Å². The molecule has 0 heterocycles. The molecule has 0 fully saturated rings. The van der Waals surface area contributed by atoms with E-state index in [1.165, 1.54) is 5.56 Å². The molecule has 2 heteroatoms. The van der Waals surface area contributed by atoms with E-state index in [9.17, 15) is 4.79 Å². The van der Waals surface area contributed by atoms with Crippen molar-refractivity contribution in [3.05, 3.63) is 59.7 Å². The molecule has 22 heavy (non-hydrogen) atoms. The molecular weight excluding hydrogens is 272 g/mol. The number of ketones is 1. The SMILES string of the molecule is CC(C)Cc1ccc(Oc2ccc(C(=O)C(C)C)cc2)cc1. The molecule has 0 aliphatic rings. The minimum absolute atomic E-state index is 0.0141. The molecule has 0 N–H and O–H groups in total. The summed E-state index contributed by atoms with van der Waals surface area (Å²) in [7, 11) is 0. The van der Waals surface area contributed by atoms with Gasteiger partial charge in [0.1, 0.15) is 11.5 Å². The van der Waals surface area contributed by atoms with Crippen molar-refractivity contribution in [3.8, 4) is 11.5 Å². The van der Waals surface area contributed by atoms with Gasteiger partial charge in [-0.15, -0.1) is 0 Å². The second kappa shape index (κ2) is 7.26. The fourth-order valence-corrected chi connectivity index (χ4v) is 2.32.